The monoisotopic (exact) mass is 483 g/mol. The molecule has 1 aromatic heterocycles. The molecule has 0 bridgehead atoms. The standard InChI is InChI=1S/C26H26ClNO6/c1-5-11-32-23-18(27)12-15(13-20(23)31-6-2)21(17-14-28-19-10-8-7-9-16(17)19)22-24(29)33-26(3,4)34-25(22)30/h5,7-10,12-14,21-22,28H,1,6,11H2,2-4H3/t21-/m1/s1. The summed E-state index contributed by atoms with van der Waals surface area (Å²) in [4.78, 5) is 29.5. The number of hydrogen-bond acceptors (Lipinski definition) is 6. The number of esters is 2. The number of aromatic nitrogens is 1. The number of fused-ring (bicyclic) bond motifs is 1. The van der Waals surface area contributed by atoms with E-state index in [4.69, 9.17) is 30.5 Å². The lowest BCUT2D eigenvalue weighted by atomic mass is 9.79. The van der Waals surface area contributed by atoms with Gasteiger partial charge in [-0.15, -0.1) is 0 Å². The highest BCUT2D eigenvalue weighted by atomic mass is 35.5. The summed E-state index contributed by atoms with van der Waals surface area (Å²) in [6.07, 6.45) is 3.39. The van der Waals surface area contributed by atoms with Crippen molar-refractivity contribution in [2.75, 3.05) is 13.2 Å². The molecular weight excluding hydrogens is 458 g/mol. The first-order chi connectivity index (χ1) is 16.3. The second kappa shape index (κ2) is 9.43. The third-order valence-corrected chi connectivity index (χ3v) is 5.81. The average Bonchev–Trinajstić information content (AvgIpc) is 3.19. The molecule has 2 heterocycles. The molecular formula is C26H26ClNO6. The molecule has 1 N–H and O–H groups in total. The number of halogens is 1. The zero-order chi connectivity index (χ0) is 24.5. The molecule has 0 amide bonds. The number of carbonyl (C=O) groups is 2. The third-order valence-electron chi connectivity index (χ3n) is 5.53. The van der Waals surface area contributed by atoms with Crippen LogP contribution in [-0.4, -0.2) is 35.9 Å². The van der Waals surface area contributed by atoms with Gasteiger partial charge >= 0.3 is 11.9 Å². The predicted molar refractivity (Wildman–Crippen MR) is 128 cm³/mol. The fourth-order valence-electron chi connectivity index (χ4n) is 4.22. The summed E-state index contributed by atoms with van der Waals surface area (Å²) in [6, 6.07) is 11.0. The molecule has 1 aliphatic heterocycles. The van der Waals surface area contributed by atoms with Gasteiger partial charge in [0.05, 0.1) is 11.6 Å². The highest BCUT2D eigenvalue weighted by Crippen LogP contribution is 2.45. The Kier molecular flexibility index (Phi) is 6.57. The quantitative estimate of drug-likeness (QED) is 0.263. The van der Waals surface area contributed by atoms with Gasteiger partial charge in [0.2, 0.25) is 0 Å². The van der Waals surface area contributed by atoms with Gasteiger partial charge in [-0.2, -0.15) is 0 Å². The largest absolute Gasteiger partial charge is 0.490 e. The van der Waals surface area contributed by atoms with Crippen LogP contribution < -0.4 is 9.47 Å². The first-order valence-corrected chi connectivity index (χ1v) is 11.3. The normalized spacial score (nSPS) is 16.6. The molecule has 0 spiro atoms. The number of hydrogen-bond donors (Lipinski definition) is 1. The molecule has 1 aliphatic rings. The van der Waals surface area contributed by atoms with Gasteiger partial charge in [0.15, 0.2) is 17.4 Å². The van der Waals surface area contributed by atoms with Crippen molar-refractivity contribution in [3.63, 3.8) is 0 Å². The van der Waals surface area contributed by atoms with Crippen molar-refractivity contribution in [1.29, 1.82) is 0 Å². The molecule has 8 heteroatoms. The Morgan fingerprint density at radius 3 is 2.56 bits per heavy atom. The molecule has 2 aromatic carbocycles. The van der Waals surface area contributed by atoms with Gasteiger partial charge in [-0.25, -0.2) is 0 Å². The van der Waals surface area contributed by atoms with E-state index in [-0.39, 0.29) is 11.6 Å². The average molecular weight is 484 g/mol. The number of aromatic amines is 1. The minimum atomic E-state index is -1.34. The van der Waals surface area contributed by atoms with Gasteiger partial charge in [0.1, 0.15) is 6.61 Å². The summed E-state index contributed by atoms with van der Waals surface area (Å²) in [7, 11) is 0. The van der Waals surface area contributed by atoms with Crippen LogP contribution in [0.2, 0.25) is 5.02 Å². The molecule has 4 rings (SSSR count). The van der Waals surface area contributed by atoms with Gasteiger partial charge in [-0.05, 0) is 36.2 Å². The second-order valence-corrected chi connectivity index (χ2v) is 8.76. The highest BCUT2D eigenvalue weighted by molar-refractivity contribution is 6.32. The zero-order valence-electron chi connectivity index (χ0n) is 19.2. The molecule has 34 heavy (non-hydrogen) atoms. The molecule has 7 nitrogen and oxygen atoms in total. The minimum Gasteiger partial charge on any atom is -0.490 e. The number of para-hydroxylation sites is 1. The Morgan fingerprint density at radius 1 is 1.18 bits per heavy atom. The van der Waals surface area contributed by atoms with Gasteiger partial charge in [0.25, 0.3) is 5.79 Å². The lowest BCUT2D eigenvalue weighted by Crippen LogP contribution is -2.48. The molecule has 1 fully saturated rings. The van der Waals surface area contributed by atoms with E-state index in [1.807, 2.05) is 31.2 Å². The smallest absolute Gasteiger partial charge is 0.324 e. The van der Waals surface area contributed by atoms with E-state index in [0.717, 1.165) is 16.5 Å². The van der Waals surface area contributed by atoms with E-state index < -0.39 is 29.6 Å². The number of nitrogens with one attached hydrogen (secondary N) is 1. The molecule has 0 aliphatic carbocycles. The Morgan fingerprint density at radius 2 is 1.88 bits per heavy atom. The van der Waals surface area contributed by atoms with Crippen molar-refractivity contribution in [1.82, 2.24) is 4.98 Å². The zero-order valence-corrected chi connectivity index (χ0v) is 20.0. The van der Waals surface area contributed by atoms with Crippen LogP contribution in [0.1, 0.15) is 37.8 Å². The summed E-state index contributed by atoms with van der Waals surface area (Å²) < 4.78 is 22.4. The second-order valence-electron chi connectivity index (χ2n) is 8.35. The summed E-state index contributed by atoms with van der Waals surface area (Å²) in [6.45, 7) is 9.15. The molecule has 1 saturated heterocycles. The van der Waals surface area contributed by atoms with Gasteiger partial charge in [0, 0.05) is 36.9 Å². The number of rotatable bonds is 8. The Hall–Kier alpha value is -3.45. The molecule has 0 unspecified atom stereocenters. The third kappa shape index (κ3) is 4.48. The van der Waals surface area contributed by atoms with Gasteiger partial charge in [-0.1, -0.05) is 42.5 Å². The van der Waals surface area contributed by atoms with E-state index in [9.17, 15) is 9.59 Å². The van der Waals surface area contributed by atoms with Crippen LogP contribution in [-0.2, 0) is 19.1 Å². The van der Waals surface area contributed by atoms with Crippen LogP contribution in [0.5, 0.6) is 11.5 Å². The van der Waals surface area contributed by atoms with Crippen molar-refractivity contribution in [2.45, 2.75) is 32.5 Å². The van der Waals surface area contributed by atoms with E-state index in [1.165, 1.54) is 13.8 Å². The number of benzene rings is 2. The van der Waals surface area contributed by atoms with Crippen molar-refractivity contribution >= 4 is 34.4 Å². The maximum Gasteiger partial charge on any atom is 0.324 e. The summed E-state index contributed by atoms with van der Waals surface area (Å²) >= 11 is 6.61. The van der Waals surface area contributed by atoms with Crippen molar-refractivity contribution in [3.05, 3.63) is 71.4 Å². The van der Waals surface area contributed by atoms with Crippen molar-refractivity contribution in [3.8, 4) is 11.5 Å². The predicted octanol–water partition coefficient (Wildman–Crippen LogP) is 5.37. The van der Waals surface area contributed by atoms with Crippen LogP contribution in [0.3, 0.4) is 0 Å². The maximum atomic E-state index is 13.1. The molecule has 0 saturated carbocycles. The van der Waals surface area contributed by atoms with Crippen LogP contribution in [0.15, 0.2) is 55.3 Å². The van der Waals surface area contributed by atoms with Gasteiger partial charge in [-0.3, -0.25) is 9.59 Å². The lowest BCUT2D eigenvalue weighted by Gasteiger charge is -2.36. The molecule has 1 atom stereocenters. The van der Waals surface area contributed by atoms with Crippen LogP contribution in [0.4, 0.5) is 0 Å². The van der Waals surface area contributed by atoms with Crippen LogP contribution in [0.25, 0.3) is 10.9 Å². The topological polar surface area (TPSA) is 86.9 Å². The van der Waals surface area contributed by atoms with Crippen molar-refractivity contribution in [2.24, 2.45) is 5.92 Å². The molecule has 0 radical (unpaired) electrons. The number of carbonyl (C=O) groups excluding carboxylic acids is 2. The van der Waals surface area contributed by atoms with Gasteiger partial charge < -0.3 is 23.9 Å². The summed E-state index contributed by atoms with van der Waals surface area (Å²) in [5.41, 5.74) is 2.18. The van der Waals surface area contributed by atoms with Crippen LogP contribution in [0, 0.1) is 5.92 Å². The highest BCUT2D eigenvalue weighted by Gasteiger charge is 2.49. The summed E-state index contributed by atoms with van der Waals surface area (Å²) in [5, 5.41) is 1.14. The fraction of sp³-hybridized carbons (Fsp3) is 0.308. The Bertz CT molecular complexity index is 1230. The van der Waals surface area contributed by atoms with Crippen molar-refractivity contribution < 1.29 is 28.5 Å². The summed E-state index contributed by atoms with van der Waals surface area (Å²) in [5.74, 6) is -3.91. The minimum absolute atomic E-state index is 0.237. The number of ether oxygens (including phenoxy) is 4. The lowest BCUT2D eigenvalue weighted by molar-refractivity contribution is -0.240. The number of H-pyrrole nitrogens is 1. The van der Waals surface area contributed by atoms with E-state index >= 15 is 0 Å². The molecule has 3 aromatic rings. The molecule has 178 valence electrons. The first kappa shape index (κ1) is 23.7. The van der Waals surface area contributed by atoms with E-state index in [2.05, 4.69) is 11.6 Å². The first-order valence-electron chi connectivity index (χ1n) is 11.0. The van der Waals surface area contributed by atoms with Crippen LogP contribution >= 0.6 is 11.6 Å². The Balaban J connectivity index is 1.91. The Labute approximate surface area is 202 Å². The maximum absolute atomic E-state index is 13.1. The van der Waals surface area contributed by atoms with E-state index in [1.54, 1.807) is 24.4 Å². The van der Waals surface area contributed by atoms with E-state index in [0.29, 0.717) is 23.7 Å². The SMILES string of the molecule is C=CCOc1c(Cl)cc([C@H](c2c[nH]c3ccccc23)C2C(=O)OC(C)(C)OC2=O)cc1OCC. The fourth-order valence-corrected chi connectivity index (χ4v) is 4.49. The number of cyclic esters (lactones) is 2.